The highest BCUT2D eigenvalue weighted by molar-refractivity contribution is 7.61. The molecule has 2 aromatic carbocycles. The Morgan fingerprint density at radius 3 is 1.43 bits per heavy atom. The number of hydrogen-bond donors (Lipinski definition) is 0. The number of rotatable bonds is 4. The van der Waals surface area contributed by atoms with E-state index in [1.54, 1.807) is 11.1 Å². The molecule has 0 nitrogen and oxygen atoms in total. The Balaban J connectivity index is 1.52. The molecular formula is C19H24P2. The first kappa shape index (κ1) is 15.2. The van der Waals surface area contributed by atoms with Crippen LogP contribution in [-0.4, -0.2) is 24.6 Å². The van der Waals surface area contributed by atoms with Gasteiger partial charge in [-0.3, -0.25) is 0 Å². The molecule has 2 atom stereocenters. The number of benzene rings is 2. The molecule has 1 saturated heterocycles. The summed E-state index contributed by atoms with van der Waals surface area (Å²) in [4.78, 5) is 0. The predicted octanol–water partition coefficient (Wildman–Crippen LogP) is 5.75. The Kier molecular flexibility index (Phi) is 5.84. The molecule has 0 amide bonds. The van der Waals surface area contributed by atoms with Crippen LogP contribution in [0.1, 0.15) is 17.5 Å². The first-order chi connectivity index (χ1) is 10.4. The van der Waals surface area contributed by atoms with Gasteiger partial charge in [0.2, 0.25) is 0 Å². The third-order valence-corrected chi connectivity index (χ3v) is 9.77. The topological polar surface area (TPSA) is 0 Å². The summed E-state index contributed by atoms with van der Waals surface area (Å²) >= 11 is 0. The van der Waals surface area contributed by atoms with Gasteiger partial charge in [-0.05, 0) is 54.5 Å². The summed E-state index contributed by atoms with van der Waals surface area (Å²) in [5, 5.41) is 0. The van der Waals surface area contributed by atoms with Gasteiger partial charge in [-0.2, -0.15) is 0 Å². The lowest BCUT2D eigenvalue weighted by atomic mass is 10.2. The Morgan fingerprint density at radius 2 is 1.00 bits per heavy atom. The monoisotopic (exact) mass is 314 g/mol. The largest absolute Gasteiger partial charge is 0.102 e. The lowest BCUT2D eigenvalue weighted by Crippen LogP contribution is -1.95. The molecule has 0 saturated carbocycles. The van der Waals surface area contributed by atoms with Gasteiger partial charge in [-0.25, -0.2) is 0 Å². The molecule has 1 aliphatic rings. The first-order valence-electron chi connectivity index (χ1n) is 7.93. The lowest BCUT2D eigenvalue weighted by molar-refractivity contribution is 1.10. The second-order valence-corrected chi connectivity index (χ2v) is 11.0. The molecule has 0 N–H and O–H groups in total. The molecule has 3 rings (SSSR count). The van der Waals surface area contributed by atoms with E-state index >= 15 is 0 Å². The molecule has 2 heteroatoms. The quantitative estimate of drug-likeness (QED) is 0.630. The summed E-state index contributed by atoms with van der Waals surface area (Å²) in [6.07, 6.45) is 10.2. The summed E-state index contributed by atoms with van der Waals surface area (Å²) in [6.45, 7) is 0. The van der Waals surface area contributed by atoms with Crippen molar-refractivity contribution in [3.8, 4) is 0 Å². The van der Waals surface area contributed by atoms with E-state index in [2.05, 4.69) is 60.7 Å². The Morgan fingerprint density at radius 1 is 0.571 bits per heavy atom. The van der Waals surface area contributed by atoms with E-state index in [9.17, 15) is 0 Å². The van der Waals surface area contributed by atoms with Gasteiger partial charge in [0.05, 0.1) is 0 Å². The Bertz CT molecular complexity index is 474. The fourth-order valence-electron chi connectivity index (χ4n) is 3.02. The van der Waals surface area contributed by atoms with Crippen LogP contribution >= 0.6 is 15.8 Å². The summed E-state index contributed by atoms with van der Waals surface area (Å²) in [7, 11) is 0.481. The van der Waals surface area contributed by atoms with Crippen LogP contribution in [-0.2, 0) is 12.3 Å². The molecule has 110 valence electrons. The van der Waals surface area contributed by atoms with E-state index in [1.807, 2.05) is 0 Å². The van der Waals surface area contributed by atoms with Gasteiger partial charge in [0.15, 0.2) is 0 Å². The van der Waals surface area contributed by atoms with Crippen LogP contribution in [0, 0.1) is 0 Å². The van der Waals surface area contributed by atoms with Crippen LogP contribution in [0.2, 0.25) is 0 Å². The summed E-state index contributed by atoms with van der Waals surface area (Å²) < 4.78 is 0. The van der Waals surface area contributed by atoms with E-state index in [4.69, 9.17) is 0 Å². The molecule has 21 heavy (non-hydrogen) atoms. The zero-order valence-corrected chi connectivity index (χ0v) is 14.4. The van der Waals surface area contributed by atoms with Gasteiger partial charge in [0.25, 0.3) is 0 Å². The van der Waals surface area contributed by atoms with Crippen molar-refractivity contribution in [1.82, 2.24) is 0 Å². The minimum absolute atomic E-state index is 0.240. The van der Waals surface area contributed by atoms with Crippen molar-refractivity contribution >= 4 is 15.8 Å². The molecule has 0 spiro atoms. The van der Waals surface area contributed by atoms with E-state index < -0.39 is 0 Å². The van der Waals surface area contributed by atoms with E-state index in [0.717, 1.165) is 0 Å². The van der Waals surface area contributed by atoms with Gasteiger partial charge in [0, 0.05) is 0 Å². The van der Waals surface area contributed by atoms with Crippen molar-refractivity contribution in [3.63, 3.8) is 0 Å². The highest BCUT2D eigenvalue weighted by Gasteiger charge is 2.18. The second-order valence-electron chi connectivity index (χ2n) is 5.88. The Labute approximate surface area is 131 Å². The third-order valence-electron chi connectivity index (χ3n) is 4.18. The van der Waals surface area contributed by atoms with Crippen molar-refractivity contribution in [1.29, 1.82) is 0 Å². The van der Waals surface area contributed by atoms with E-state index in [1.165, 1.54) is 43.4 Å². The molecule has 1 fully saturated rings. The van der Waals surface area contributed by atoms with Gasteiger partial charge >= 0.3 is 0 Å². The zero-order valence-electron chi connectivity index (χ0n) is 12.6. The maximum absolute atomic E-state index is 2.31. The van der Waals surface area contributed by atoms with Gasteiger partial charge in [-0.1, -0.05) is 60.7 Å². The third kappa shape index (κ3) is 4.91. The molecule has 2 aromatic rings. The second kappa shape index (κ2) is 8.07. The van der Waals surface area contributed by atoms with E-state index in [-0.39, 0.29) is 15.8 Å². The maximum atomic E-state index is 2.31. The predicted molar refractivity (Wildman–Crippen MR) is 98.2 cm³/mol. The van der Waals surface area contributed by atoms with Crippen molar-refractivity contribution in [3.05, 3.63) is 71.8 Å². The molecule has 2 unspecified atom stereocenters. The zero-order chi connectivity index (χ0) is 14.3. The Hall–Kier alpha value is -0.700. The SMILES string of the molecule is c1ccc(CP2CCCP(Cc3ccccc3)CC2)cc1. The summed E-state index contributed by atoms with van der Waals surface area (Å²) in [6, 6.07) is 22.2. The lowest BCUT2D eigenvalue weighted by Gasteiger charge is -2.16. The summed E-state index contributed by atoms with van der Waals surface area (Å²) in [5.74, 6) is 0. The maximum Gasteiger partial charge on any atom is -0.00730 e. The van der Waals surface area contributed by atoms with E-state index in [0.29, 0.717) is 0 Å². The van der Waals surface area contributed by atoms with Crippen LogP contribution in [0.3, 0.4) is 0 Å². The minimum Gasteiger partial charge on any atom is -0.102 e. The highest BCUT2D eigenvalue weighted by atomic mass is 31.1. The minimum atomic E-state index is 0.240. The average molecular weight is 314 g/mol. The van der Waals surface area contributed by atoms with Gasteiger partial charge in [-0.15, -0.1) is 15.8 Å². The fraction of sp³-hybridized carbons (Fsp3) is 0.368. The number of hydrogen-bond acceptors (Lipinski definition) is 0. The van der Waals surface area contributed by atoms with Crippen molar-refractivity contribution < 1.29 is 0 Å². The standard InChI is InChI=1S/C19H24P2/c1-3-8-18(9-4-1)16-20-12-7-13-21(15-14-20)17-19-10-5-2-6-11-19/h1-6,8-11H,7,12-17H2. The van der Waals surface area contributed by atoms with Crippen LogP contribution in [0.5, 0.6) is 0 Å². The van der Waals surface area contributed by atoms with Crippen molar-refractivity contribution in [2.24, 2.45) is 0 Å². The molecule has 0 bridgehead atoms. The smallest absolute Gasteiger partial charge is 0.00730 e. The molecule has 0 radical (unpaired) electrons. The fourth-order valence-corrected chi connectivity index (χ4v) is 9.28. The van der Waals surface area contributed by atoms with Crippen LogP contribution < -0.4 is 0 Å². The van der Waals surface area contributed by atoms with Crippen LogP contribution in [0.25, 0.3) is 0 Å². The van der Waals surface area contributed by atoms with Crippen molar-refractivity contribution in [2.45, 2.75) is 18.7 Å². The molecule has 0 aromatic heterocycles. The summed E-state index contributed by atoms with van der Waals surface area (Å²) in [5.41, 5.74) is 3.11. The normalized spacial score (nSPS) is 22.7. The van der Waals surface area contributed by atoms with Gasteiger partial charge < -0.3 is 0 Å². The molecule has 1 aliphatic heterocycles. The molecule has 0 aliphatic carbocycles. The molecule has 1 heterocycles. The van der Waals surface area contributed by atoms with Crippen LogP contribution in [0.15, 0.2) is 60.7 Å². The van der Waals surface area contributed by atoms with Crippen LogP contribution in [0.4, 0.5) is 0 Å². The highest BCUT2D eigenvalue weighted by Crippen LogP contribution is 2.51. The van der Waals surface area contributed by atoms with Crippen molar-refractivity contribution in [2.75, 3.05) is 24.6 Å². The average Bonchev–Trinajstić information content (AvgIpc) is 2.75. The first-order valence-corrected chi connectivity index (χ1v) is 11.7. The molecular weight excluding hydrogens is 290 g/mol. The van der Waals surface area contributed by atoms with Gasteiger partial charge in [0.1, 0.15) is 0 Å².